The molecule has 0 spiro atoms. The molecule has 0 aliphatic heterocycles. The van der Waals surface area contributed by atoms with E-state index >= 15 is 0 Å². The van der Waals surface area contributed by atoms with Crippen LogP contribution < -0.4 is 0 Å². The third kappa shape index (κ3) is 4.61. The van der Waals surface area contributed by atoms with Gasteiger partial charge in [0.05, 0.1) is 0 Å². The molecule has 0 aliphatic carbocycles. The normalized spacial score (nSPS) is 12.2. The van der Waals surface area contributed by atoms with Crippen LogP contribution in [0.5, 0.6) is 0 Å². The van der Waals surface area contributed by atoms with Crippen LogP contribution in [0.2, 0.25) is 0 Å². The highest BCUT2D eigenvalue weighted by Gasteiger charge is 2.28. The van der Waals surface area contributed by atoms with Gasteiger partial charge in [-0.05, 0) is 26.3 Å². The highest BCUT2D eigenvalue weighted by molar-refractivity contribution is 5.49. The standard InChI is InChI=1S/C15H22O3/c1-4-16-15(17-5-2,18-6-3)13-12-14-10-8-7-9-11-14/h7-13H,4-6H2,1-3H3. The van der Waals surface area contributed by atoms with Crippen molar-refractivity contribution < 1.29 is 14.2 Å². The fourth-order valence-electron chi connectivity index (χ4n) is 1.64. The van der Waals surface area contributed by atoms with Gasteiger partial charge in [0.1, 0.15) is 0 Å². The quantitative estimate of drug-likeness (QED) is 0.661. The first-order valence-corrected chi connectivity index (χ1v) is 6.42. The maximum absolute atomic E-state index is 5.60. The third-order valence-corrected chi connectivity index (χ3v) is 2.32. The van der Waals surface area contributed by atoms with Crippen molar-refractivity contribution >= 4 is 6.08 Å². The topological polar surface area (TPSA) is 27.7 Å². The van der Waals surface area contributed by atoms with Crippen LogP contribution in [-0.2, 0) is 14.2 Å². The van der Waals surface area contributed by atoms with E-state index in [1.54, 1.807) is 0 Å². The molecule has 0 amide bonds. The predicted octanol–water partition coefficient (Wildman–Crippen LogP) is 3.46. The molecule has 100 valence electrons. The minimum Gasteiger partial charge on any atom is -0.324 e. The first-order chi connectivity index (χ1) is 8.76. The Hall–Kier alpha value is -1.16. The van der Waals surface area contributed by atoms with Gasteiger partial charge in [0.25, 0.3) is 0 Å². The molecule has 0 fully saturated rings. The maximum Gasteiger partial charge on any atom is 0.304 e. The lowest BCUT2D eigenvalue weighted by Gasteiger charge is -2.29. The van der Waals surface area contributed by atoms with Crippen molar-refractivity contribution in [3.63, 3.8) is 0 Å². The predicted molar refractivity (Wildman–Crippen MR) is 73.1 cm³/mol. The van der Waals surface area contributed by atoms with Crippen molar-refractivity contribution in [2.45, 2.75) is 26.7 Å². The summed E-state index contributed by atoms with van der Waals surface area (Å²) in [6, 6.07) is 10.0. The number of rotatable bonds is 8. The van der Waals surface area contributed by atoms with Crippen LogP contribution in [0.3, 0.4) is 0 Å². The minimum atomic E-state index is -1.08. The van der Waals surface area contributed by atoms with Crippen molar-refractivity contribution in [1.82, 2.24) is 0 Å². The minimum absolute atomic E-state index is 0.527. The molecule has 1 aromatic carbocycles. The van der Waals surface area contributed by atoms with E-state index in [1.807, 2.05) is 63.3 Å². The van der Waals surface area contributed by atoms with Gasteiger partial charge < -0.3 is 14.2 Å². The van der Waals surface area contributed by atoms with Gasteiger partial charge in [-0.1, -0.05) is 36.4 Å². The summed E-state index contributed by atoms with van der Waals surface area (Å²) in [7, 11) is 0. The number of benzene rings is 1. The zero-order valence-corrected chi connectivity index (χ0v) is 11.4. The summed E-state index contributed by atoms with van der Waals surface area (Å²) in [6.45, 7) is 7.34. The average Bonchev–Trinajstić information content (AvgIpc) is 2.39. The molecule has 1 rings (SSSR count). The SMILES string of the molecule is CCOC(C=Cc1ccccc1)(OCC)OCC. The van der Waals surface area contributed by atoms with Gasteiger partial charge in [-0.3, -0.25) is 0 Å². The molecule has 0 atom stereocenters. The van der Waals surface area contributed by atoms with Crippen LogP contribution in [0.25, 0.3) is 6.08 Å². The molecule has 0 saturated carbocycles. The van der Waals surface area contributed by atoms with Crippen molar-refractivity contribution in [3.8, 4) is 0 Å². The van der Waals surface area contributed by atoms with Gasteiger partial charge >= 0.3 is 5.97 Å². The average molecular weight is 250 g/mol. The van der Waals surface area contributed by atoms with Gasteiger partial charge in [-0.25, -0.2) is 0 Å². The Balaban J connectivity index is 2.84. The molecule has 0 unspecified atom stereocenters. The highest BCUT2D eigenvalue weighted by Crippen LogP contribution is 2.19. The summed E-state index contributed by atoms with van der Waals surface area (Å²) in [5, 5.41) is 0. The van der Waals surface area contributed by atoms with E-state index in [9.17, 15) is 0 Å². The Morgan fingerprint density at radius 3 is 1.83 bits per heavy atom. The molecule has 18 heavy (non-hydrogen) atoms. The van der Waals surface area contributed by atoms with E-state index in [2.05, 4.69) is 0 Å². The van der Waals surface area contributed by atoms with Crippen molar-refractivity contribution in [2.75, 3.05) is 19.8 Å². The van der Waals surface area contributed by atoms with Gasteiger partial charge in [0.2, 0.25) is 0 Å². The van der Waals surface area contributed by atoms with E-state index in [1.165, 1.54) is 0 Å². The molecule has 3 nitrogen and oxygen atoms in total. The molecule has 0 bridgehead atoms. The molecule has 0 aliphatic rings. The Kier molecular flexibility index (Phi) is 6.65. The molecule has 0 N–H and O–H groups in total. The summed E-state index contributed by atoms with van der Waals surface area (Å²) in [5.74, 6) is -1.08. The summed E-state index contributed by atoms with van der Waals surface area (Å²) in [5.41, 5.74) is 1.08. The second-order valence-corrected chi connectivity index (χ2v) is 3.65. The van der Waals surface area contributed by atoms with Gasteiger partial charge in [-0.15, -0.1) is 0 Å². The zero-order valence-electron chi connectivity index (χ0n) is 11.4. The lowest BCUT2D eigenvalue weighted by atomic mass is 10.2. The Morgan fingerprint density at radius 2 is 1.39 bits per heavy atom. The summed E-state index contributed by atoms with van der Waals surface area (Å²) in [6.07, 6.45) is 3.76. The van der Waals surface area contributed by atoms with E-state index in [0.717, 1.165) is 5.56 Å². The second kappa shape index (κ2) is 8.03. The second-order valence-electron chi connectivity index (χ2n) is 3.65. The van der Waals surface area contributed by atoms with Crippen molar-refractivity contribution in [2.24, 2.45) is 0 Å². The van der Waals surface area contributed by atoms with Crippen LogP contribution in [-0.4, -0.2) is 25.8 Å². The van der Waals surface area contributed by atoms with E-state index in [4.69, 9.17) is 14.2 Å². The van der Waals surface area contributed by atoms with Gasteiger partial charge in [0, 0.05) is 25.9 Å². The van der Waals surface area contributed by atoms with Gasteiger partial charge in [-0.2, -0.15) is 0 Å². The maximum atomic E-state index is 5.60. The van der Waals surface area contributed by atoms with Crippen LogP contribution in [0.4, 0.5) is 0 Å². The molecule has 0 heterocycles. The van der Waals surface area contributed by atoms with Crippen molar-refractivity contribution in [3.05, 3.63) is 42.0 Å². The molecule has 3 heteroatoms. The first kappa shape index (κ1) is 14.9. The number of hydrogen-bond donors (Lipinski definition) is 0. The Bertz CT molecular complexity index is 329. The van der Waals surface area contributed by atoms with Gasteiger partial charge in [0.15, 0.2) is 0 Å². The smallest absolute Gasteiger partial charge is 0.304 e. The van der Waals surface area contributed by atoms with Crippen LogP contribution in [0, 0.1) is 0 Å². The Morgan fingerprint density at radius 1 is 0.889 bits per heavy atom. The fourth-order valence-corrected chi connectivity index (χ4v) is 1.64. The monoisotopic (exact) mass is 250 g/mol. The fraction of sp³-hybridized carbons (Fsp3) is 0.467. The molecule has 0 aromatic heterocycles. The molecular weight excluding hydrogens is 228 g/mol. The molecule has 0 saturated heterocycles. The summed E-state index contributed by atoms with van der Waals surface area (Å²) in [4.78, 5) is 0. The zero-order chi connectivity index (χ0) is 13.3. The highest BCUT2D eigenvalue weighted by atomic mass is 16.9. The van der Waals surface area contributed by atoms with Crippen LogP contribution in [0.15, 0.2) is 36.4 Å². The van der Waals surface area contributed by atoms with E-state index in [0.29, 0.717) is 19.8 Å². The van der Waals surface area contributed by atoms with Crippen LogP contribution in [0.1, 0.15) is 26.3 Å². The van der Waals surface area contributed by atoms with E-state index < -0.39 is 5.97 Å². The largest absolute Gasteiger partial charge is 0.324 e. The van der Waals surface area contributed by atoms with Crippen molar-refractivity contribution in [1.29, 1.82) is 0 Å². The van der Waals surface area contributed by atoms with E-state index in [-0.39, 0.29) is 0 Å². The first-order valence-electron chi connectivity index (χ1n) is 6.42. The Labute approximate surface area is 109 Å². The van der Waals surface area contributed by atoms with Crippen LogP contribution >= 0.6 is 0 Å². The lowest BCUT2D eigenvalue weighted by molar-refractivity contribution is -0.345. The summed E-state index contributed by atoms with van der Waals surface area (Å²) >= 11 is 0. The molecular formula is C15H22O3. The molecule has 0 radical (unpaired) electrons. The molecule has 1 aromatic rings. The third-order valence-electron chi connectivity index (χ3n) is 2.32. The lowest BCUT2D eigenvalue weighted by Crippen LogP contribution is -2.37. The number of hydrogen-bond acceptors (Lipinski definition) is 3. The summed E-state index contributed by atoms with van der Waals surface area (Å²) < 4.78 is 16.8. The number of ether oxygens (including phenoxy) is 3.